The quantitative estimate of drug-likeness (QED) is 0.820. The van der Waals surface area contributed by atoms with Crippen LogP contribution in [0.4, 0.5) is 0 Å². The van der Waals surface area contributed by atoms with Crippen molar-refractivity contribution in [3.63, 3.8) is 0 Å². The van der Waals surface area contributed by atoms with E-state index >= 15 is 0 Å². The van der Waals surface area contributed by atoms with Gasteiger partial charge in [-0.2, -0.15) is 0 Å². The average Bonchev–Trinajstić information content (AvgIpc) is 2.47. The van der Waals surface area contributed by atoms with Crippen LogP contribution in [-0.2, 0) is 10.0 Å². The van der Waals surface area contributed by atoms with E-state index in [0.717, 1.165) is 18.7 Å². The Morgan fingerprint density at radius 2 is 1.95 bits per heavy atom. The van der Waals surface area contributed by atoms with E-state index in [0.29, 0.717) is 18.7 Å². The van der Waals surface area contributed by atoms with Gasteiger partial charge >= 0.3 is 0 Å². The summed E-state index contributed by atoms with van der Waals surface area (Å²) in [6.45, 7) is 4.62. The molecule has 1 amide bonds. The van der Waals surface area contributed by atoms with Gasteiger partial charge < -0.3 is 10.2 Å². The lowest BCUT2D eigenvalue weighted by atomic mass is 10.1. The number of nitrogens with one attached hydrogen (secondary N) is 2. The van der Waals surface area contributed by atoms with Crippen molar-refractivity contribution in [2.75, 3.05) is 33.2 Å². The van der Waals surface area contributed by atoms with Crippen molar-refractivity contribution in [1.29, 1.82) is 0 Å². The van der Waals surface area contributed by atoms with Crippen LogP contribution in [0.15, 0.2) is 23.1 Å². The Balaban J connectivity index is 2.35. The van der Waals surface area contributed by atoms with Crippen LogP contribution in [0, 0.1) is 6.92 Å². The summed E-state index contributed by atoms with van der Waals surface area (Å²) < 4.78 is 25.9. The van der Waals surface area contributed by atoms with Crippen LogP contribution in [0.5, 0.6) is 0 Å². The molecule has 0 aliphatic carbocycles. The van der Waals surface area contributed by atoms with E-state index in [-0.39, 0.29) is 10.8 Å². The van der Waals surface area contributed by atoms with E-state index in [2.05, 4.69) is 10.0 Å². The topological polar surface area (TPSA) is 78.5 Å². The molecule has 0 aromatic heterocycles. The predicted octanol–water partition coefficient (Wildman–Crippen LogP) is -0.0515. The molecule has 2 rings (SSSR count). The average molecular weight is 297 g/mol. The molecule has 7 heteroatoms. The molecule has 1 aromatic rings. The van der Waals surface area contributed by atoms with Crippen molar-refractivity contribution >= 4 is 15.9 Å². The number of carbonyl (C=O) groups excluding carboxylic acids is 1. The molecule has 0 spiro atoms. The Morgan fingerprint density at radius 1 is 1.30 bits per heavy atom. The molecule has 0 bridgehead atoms. The van der Waals surface area contributed by atoms with Crippen molar-refractivity contribution < 1.29 is 13.2 Å². The smallest absolute Gasteiger partial charge is 0.254 e. The number of piperazine rings is 1. The summed E-state index contributed by atoms with van der Waals surface area (Å²) in [5.41, 5.74) is 1.23. The molecule has 6 nitrogen and oxygen atoms in total. The number of benzene rings is 1. The highest BCUT2D eigenvalue weighted by Gasteiger charge is 2.21. The van der Waals surface area contributed by atoms with E-state index in [1.807, 2.05) is 6.92 Å². The fourth-order valence-electron chi connectivity index (χ4n) is 2.15. The summed E-state index contributed by atoms with van der Waals surface area (Å²) >= 11 is 0. The summed E-state index contributed by atoms with van der Waals surface area (Å²) in [7, 11) is -2.18. The van der Waals surface area contributed by atoms with Gasteiger partial charge in [0.15, 0.2) is 0 Å². The maximum Gasteiger partial charge on any atom is 0.254 e. The number of nitrogens with zero attached hydrogens (tertiary/aromatic N) is 1. The lowest BCUT2D eigenvalue weighted by Gasteiger charge is -2.28. The first-order chi connectivity index (χ1) is 9.45. The number of amides is 1. The van der Waals surface area contributed by atoms with E-state index in [1.54, 1.807) is 11.0 Å². The van der Waals surface area contributed by atoms with Gasteiger partial charge in [0.05, 0.1) is 4.90 Å². The SMILES string of the molecule is CNS(=O)(=O)c1ccc(C)c(C(=O)N2CCNCC2)c1. The standard InChI is InChI=1S/C13H19N3O3S/c1-10-3-4-11(20(18,19)14-2)9-12(10)13(17)16-7-5-15-6-8-16/h3-4,9,14-15H,5-8H2,1-2H3. The molecule has 1 aromatic carbocycles. The van der Waals surface area contributed by atoms with Gasteiger partial charge in [-0.1, -0.05) is 6.07 Å². The van der Waals surface area contributed by atoms with E-state index in [1.165, 1.54) is 19.2 Å². The summed E-state index contributed by atoms with van der Waals surface area (Å²) in [5, 5.41) is 3.18. The largest absolute Gasteiger partial charge is 0.336 e. The summed E-state index contributed by atoms with van der Waals surface area (Å²) in [4.78, 5) is 14.3. The monoisotopic (exact) mass is 297 g/mol. The molecule has 2 N–H and O–H groups in total. The Morgan fingerprint density at radius 3 is 2.55 bits per heavy atom. The van der Waals surface area contributed by atoms with E-state index in [9.17, 15) is 13.2 Å². The molecule has 1 heterocycles. The second-order valence-electron chi connectivity index (χ2n) is 4.73. The van der Waals surface area contributed by atoms with E-state index < -0.39 is 10.0 Å². The molecule has 1 aliphatic rings. The first kappa shape index (κ1) is 15.0. The minimum Gasteiger partial charge on any atom is -0.336 e. The van der Waals surface area contributed by atoms with Gasteiger partial charge in [0.25, 0.3) is 5.91 Å². The molecular formula is C13H19N3O3S. The van der Waals surface area contributed by atoms with Gasteiger partial charge in [0.1, 0.15) is 0 Å². The van der Waals surface area contributed by atoms with Gasteiger partial charge in [-0.15, -0.1) is 0 Å². The van der Waals surface area contributed by atoms with Crippen LogP contribution >= 0.6 is 0 Å². The van der Waals surface area contributed by atoms with Crippen LogP contribution < -0.4 is 10.0 Å². The van der Waals surface area contributed by atoms with Crippen LogP contribution in [0.1, 0.15) is 15.9 Å². The highest BCUT2D eigenvalue weighted by Crippen LogP contribution is 2.17. The Labute approximate surface area is 119 Å². The number of sulfonamides is 1. The van der Waals surface area contributed by atoms with Gasteiger partial charge in [-0.25, -0.2) is 13.1 Å². The van der Waals surface area contributed by atoms with Crippen molar-refractivity contribution in [2.24, 2.45) is 0 Å². The highest BCUT2D eigenvalue weighted by molar-refractivity contribution is 7.89. The van der Waals surface area contributed by atoms with Gasteiger partial charge in [-0.3, -0.25) is 4.79 Å². The van der Waals surface area contributed by atoms with E-state index in [4.69, 9.17) is 0 Å². The first-order valence-corrected chi connectivity index (χ1v) is 7.98. The number of aryl methyl sites for hydroxylation is 1. The molecule has 1 aliphatic heterocycles. The van der Waals surface area contributed by atoms with Gasteiger partial charge in [0.2, 0.25) is 10.0 Å². The Kier molecular flexibility index (Phi) is 4.42. The number of hydrogen-bond acceptors (Lipinski definition) is 4. The van der Waals surface area contributed by atoms with Crippen LogP contribution in [0.25, 0.3) is 0 Å². The molecule has 1 saturated heterocycles. The molecule has 0 radical (unpaired) electrons. The zero-order valence-corrected chi connectivity index (χ0v) is 12.5. The highest BCUT2D eigenvalue weighted by atomic mass is 32.2. The lowest BCUT2D eigenvalue weighted by molar-refractivity contribution is 0.0735. The number of carbonyl (C=O) groups is 1. The van der Waals surface area contributed by atoms with Crippen molar-refractivity contribution in [1.82, 2.24) is 14.9 Å². The Hall–Kier alpha value is -1.44. The van der Waals surface area contributed by atoms with Crippen molar-refractivity contribution in [2.45, 2.75) is 11.8 Å². The Bertz CT molecular complexity index is 607. The minimum absolute atomic E-state index is 0.114. The summed E-state index contributed by atoms with van der Waals surface area (Å²) in [5.74, 6) is -0.114. The molecule has 0 unspecified atom stereocenters. The second-order valence-corrected chi connectivity index (χ2v) is 6.61. The van der Waals surface area contributed by atoms with Gasteiger partial charge in [0, 0.05) is 31.7 Å². The molecule has 0 saturated carbocycles. The molecule has 20 heavy (non-hydrogen) atoms. The minimum atomic E-state index is -3.53. The number of hydrogen-bond donors (Lipinski definition) is 2. The zero-order chi connectivity index (χ0) is 14.8. The molecule has 1 fully saturated rings. The third-order valence-electron chi connectivity index (χ3n) is 3.42. The fourth-order valence-corrected chi connectivity index (χ4v) is 2.91. The molecule has 110 valence electrons. The predicted molar refractivity (Wildman–Crippen MR) is 76.2 cm³/mol. The van der Waals surface area contributed by atoms with Gasteiger partial charge in [-0.05, 0) is 31.7 Å². The van der Waals surface area contributed by atoms with Crippen LogP contribution in [0.3, 0.4) is 0 Å². The fraction of sp³-hybridized carbons (Fsp3) is 0.462. The third kappa shape index (κ3) is 3.00. The maximum atomic E-state index is 12.5. The van der Waals surface area contributed by atoms with Crippen molar-refractivity contribution in [3.8, 4) is 0 Å². The van der Waals surface area contributed by atoms with Crippen LogP contribution in [0.2, 0.25) is 0 Å². The normalized spacial score (nSPS) is 16.2. The second kappa shape index (κ2) is 5.90. The first-order valence-electron chi connectivity index (χ1n) is 6.50. The van der Waals surface area contributed by atoms with Crippen LogP contribution in [-0.4, -0.2) is 52.5 Å². The summed E-state index contributed by atoms with van der Waals surface area (Å²) in [6, 6.07) is 4.63. The number of rotatable bonds is 3. The van der Waals surface area contributed by atoms with Crippen molar-refractivity contribution in [3.05, 3.63) is 29.3 Å². The maximum absolute atomic E-state index is 12.5. The zero-order valence-electron chi connectivity index (χ0n) is 11.6. The molecule has 0 atom stereocenters. The third-order valence-corrected chi connectivity index (χ3v) is 4.83. The molecular weight excluding hydrogens is 278 g/mol. The summed E-state index contributed by atoms with van der Waals surface area (Å²) in [6.07, 6.45) is 0. The lowest BCUT2D eigenvalue weighted by Crippen LogP contribution is -2.46.